The molecule has 1 fully saturated rings. The highest BCUT2D eigenvalue weighted by atomic mass is 16.5. The third-order valence-electron chi connectivity index (χ3n) is 3.36. The minimum atomic E-state index is 0.467. The average Bonchev–Trinajstić information content (AvgIpc) is 2.55. The van der Waals surface area contributed by atoms with Gasteiger partial charge in [0.25, 0.3) is 0 Å². The van der Waals surface area contributed by atoms with Crippen molar-refractivity contribution < 1.29 is 4.74 Å². The van der Waals surface area contributed by atoms with Crippen molar-refractivity contribution in [2.24, 2.45) is 5.92 Å². The standard InChI is InChI=1S/C14H17N5O/c1-3-12(11-20-13-9-15-6-7-16-13)10-19(8-1)14-17-4-2-5-18-14/h2,4-7,9,12H,1,3,8,10-11H2. The van der Waals surface area contributed by atoms with E-state index in [0.717, 1.165) is 31.9 Å². The number of anilines is 1. The highest BCUT2D eigenvalue weighted by Crippen LogP contribution is 2.20. The fraction of sp³-hybridized carbons (Fsp3) is 0.429. The van der Waals surface area contributed by atoms with E-state index in [1.165, 1.54) is 0 Å². The Morgan fingerprint density at radius 3 is 2.85 bits per heavy atom. The Hall–Kier alpha value is -2.24. The van der Waals surface area contributed by atoms with Crippen LogP contribution in [0.2, 0.25) is 0 Å². The van der Waals surface area contributed by atoms with Crippen molar-refractivity contribution in [1.29, 1.82) is 0 Å². The maximum atomic E-state index is 5.69. The molecule has 1 aliphatic rings. The molecule has 6 heteroatoms. The largest absolute Gasteiger partial charge is 0.476 e. The van der Waals surface area contributed by atoms with Gasteiger partial charge < -0.3 is 9.64 Å². The Bertz CT molecular complexity index is 522. The summed E-state index contributed by atoms with van der Waals surface area (Å²) in [5.74, 6) is 1.85. The molecule has 0 aromatic carbocycles. The van der Waals surface area contributed by atoms with Crippen LogP contribution in [0.15, 0.2) is 37.1 Å². The van der Waals surface area contributed by atoms with E-state index in [4.69, 9.17) is 4.74 Å². The van der Waals surface area contributed by atoms with Gasteiger partial charge in [-0.25, -0.2) is 15.0 Å². The number of ether oxygens (including phenoxy) is 1. The summed E-state index contributed by atoms with van der Waals surface area (Å²) in [7, 11) is 0. The molecular weight excluding hydrogens is 254 g/mol. The van der Waals surface area contributed by atoms with Crippen LogP contribution in [0.25, 0.3) is 0 Å². The molecule has 0 aliphatic carbocycles. The van der Waals surface area contributed by atoms with Gasteiger partial charge in [0.15, 0.2) is 0 Å². The van der Waals surface area contributed by atoms with Gasteiger partial charge in [0.2, 0.25) is 11.8 Å². The van der Waals surface area contributed by atoms with Gasteiger partial charge in [0, 0.05) is 43.8 Å². The summed E-state index contributed by atoms with van der Waals surface area (Å²) in [6.45, 7) is 2.58. The molecule has 1 aliphatic heterocycles. The highest BCUT2D eigenvalue weighted by molar-refractivity contribution is 5.29. The Kier molecular flexibility index (Phi) is 4.01. The Morgan fingerprint density at radius 2 is 2.05 bits per heavy atom. The summed E-state index contributed by atoms with van der Waals surface area (Å²) in [5, 5.41) is 0. The molecule has 6 nitrogen and oxygen atoms in total. The molecule has 3 heterocycles. The number of piperidine rings is 1. The van der Waals surface area contributed by atoms with Gasteiger partial charge in [-0.1, -0.05) is 0 Å². The minimum Gasteiger partial charge on any atom is -0.476 e. The maximum absolute atomic E-state index is 5.69. The van der Waals surface area contributed by atoms with Crippen molar-refractivity contribution in [1.82, 2.24) is 19.9 Å². The lowest BCUT2D eigenvalue weighted by Crippen LogP contribution is -2.38. The van der Waals surface area contributed by atoms with Crippen LogP contribution in [-0.2, 0) is 0 Å². The molecule has 0 saturated carbocycles. The van der Waals surface area contributed by atoms with E-state index in [1.54, 1.807) is 31.0 Å². The molecular formula is C14H17N5O. The van der Waals surface area contributed by atoms with Gasteiger partial charge in [-0.05, 0) is 18.9 Å². The van der Waals surface area contributed by atoms with Crippen molar-refractivity contribution in [3.8, 4) is 5.88 Å². The summed E-state index contributed by atoms with van der Waals surface area (Å²) >= 11 is 0. The number of aromatic nitrogens is 4. The van der Waals surface area contributed by atoms with E-state index in [0.29, 0.717) is 18.4 Å². The van der Waals surface area contributed by atoms with Crippen LogP contribution < -0.4 is 9.64 Å². The van der Waals surface area contributed by atoms with E-state index in [1.807, 2.05) is 6.07 Å². The zero-order valence-electron chi connectivity index (χ0n) is 11.2. The number of nitrogens with zero attached hydrogens (tertiary/aromatic N) is 5. The quantitative estimate of drug-likeness (QED) is 0.841. The van der Waals surface area contributed by atoms with E-state index in [2.05, 4.69) is 24.8 Å². The van der Waals surface area contributed by atoms with Crippen molar-refractivity contribution in [2.45, 2.75) is 12.8 Å². The van der Waals surface area contributed by atoms with Crippen molar-refractivity contribution in [3.63, 3.8) is 0 Å². The average molecular weight is 271 g/mol. The first kappa shape index (κ1) is 12.8. The molecule has 0 spiro atoms. The Morgan fingerprint density at radius 1 is 1.15 bits per heavy atom. The van der Waals surface area contributed by atoms with Crippen LogP contribution in [0.4, 0.5) is 5.95 Å². The molecule has 104 valence electrons. The first-order valence-corrected chi connectivity index (χ1v) is 6.82. The number of hydrogen-bond acceptors (Lipinski definition) is 6. The van der Waals surface area contributed by atoms with Gasteiger partial charge >= 0.3 is 0 Å². The lowest BCUT2D eigenvalue weighted by atomic mass is 9.99. The van der Waals surface area contributed by atoms with E-state index in [9.17, 15) is 0 Å². The second-order valence-electron chi connectivity index (χ2n) is 4.86. The van der Waals surface area contributed by atoms with Gasteiger partial charge in [-0.3, -0.25) is 4.98 Å². The van der Waals surface area contributed by atoms with Crippen LogP contribution in [0.1, 0.15) is 12.8 Å². The Labute approximate surface area is 117 Å². The number of hydrogen-bond donors (Lipinski definition) is 0. The molecule has 0 bridgehead atoms. The SMILES string of the molecule is c1cnc(N2CCCC(COc3cnccn3)C2)nc1. The van der Waals surface area contributed by atoms with Crippen LogP contribution in [0.3, 0.4) is 0 Å². The van der Waals surface area contributed by atoms with Gasteiger partial charge in [-0.15, -0.1) is 0 Å². The fourth-order valence-corrected chi connectivity index (χ4v) is 2.40. The lowest BCUT2D eigenvalue weighted by molar-refractivity contribution is 0.220. The number of rotatable bonds is 4. The van der Waals surface area contributed by atoms with Gasteiger partial charge in [0.05, 0.1) is 12.8 Å². The molecule has 2 aromatic heterocycles. The Balaban J connectivity index is 1.56. The van der Waals surface area contributed by atoms with Crippen LogP contribution >= 0.6 is 0 Å². The van der Waals surface area contributed by atoms with Crippen molar-refractivity contribution >= 4 is 5.95 Å². The minimum absolute atomic E-state index is 0.467. The van der Waals surface area contributed by atoms with Gasteiger partial charge in [-0.2, -0.15) is 0 Å². The molecule has 0 amide bonds. The molecule has 2 aromatic rings. The summed E-state index contributed by atoms with van der Waals surface area (Å²) in [6, 6.07) is 1.84. The molecule has 0 N–H and O–H groups in total. The topological polar surface area (TPSA) is 64.0 Å². The van der Waals surface area contributed by atoms with E-state index >= 15 is 0 Å². The van der Waals surface area contributed by atoms with Gasteiger partial charge in [0.1, 0.15) is 0 Å². The van der Waals surface area contributed by atoms with Crippen molar-refractivity contribution in [3.05, 3.63) is 37.1 Å². The predicted octanol–water partition coefficient (Wildman–Crippen LogP) is 1.56. The second-order valence-corrected chi connectivity index (χ2v) is 4.86. The molecule has 20 heavy (non-hydrogen) atoms. The highest BCUT2D eigenvalue weighted by Gasteiger charge is 2.22. The lowest BCUT2D eigenvalue weighted by Gasteiger charge is -2.32. The third kappa shape index (κ3) is 3.20. The first-order valence-electron chi connectivity index (χ1n) is 6.82. The van der Waals surface area contributed by atoms with E-state index < -0.39 is 0 Å². The fourth-order valence-electron chi connectivity index (χ4n) is 2.40. The smallest absolute Gasteiger partial charge is 0.232 e. The zero-order valence-corrected chi connectivity index (χ0v) is 11.2. The summed E-state index contributed by atoms with van der Waals surface area (Å²) in [5.41, 5.74) is 0. The maximum Gasteiger partial charge on any atom is 0.232 e. The van der Waals surface area contributed by atoms with Crippen molar-refractivity contribution in [2.75, 3.05) is 24.6 Å². The molecule has 1 unspecified atom stereocenters. The first-order chi connectivity index (χ1) is 9.92. The summed E-state index contributed by atoms with van der Waals surface area (Å²) in [4.78, 5) is 18.9. The van der Waals surface area contributed by atoms with Crippen LogP contribution in [-0.4, -0.2) is 39.6 Å². The normalized spacial score (nSPS) is 18.8. The summed E-state index contributed by atoms with van der Waals surface area (Å²) < 4.78 is 5.69. The second kappa shape index (κ2) is 6.27. The van der Waals surface area contributed by atoms with E-state index in [-0.39, 0.29) is 0 Å². The third-order valence-corrected chi connectivity index (χ3v) is 3.36. The molecule has 0 radical (unpaired) electrons. The molecule has 1 saturated heterocycles. The monoisotopic (exact) mass is 271 g/mol. The molecule has 3 rings (SSSR count). The van der Waals surface area contributed by atoms with Crippen LogP contribution in [0.5, 0.6) is 5.88 Å². The van der Waals surface area contributed by atoms with Crippen LogP contribution in [0, 0.1) is 5.92 Å². The molecule has 1 atom stereocenters. The predicted molar refractivity (Wildman–Crippen MR) is 74.5 cm³/mol. The zero-order chi connectivity index (χ0) is 13.6. The summed E-state index contributed by atoms with van der Waals surface area (Å²) in [6.07, 6.45) is 10.8.